The summed E-state index contributed by atoms with van der Waals surface area (Å²) in [5.41, 5.74) is 0. The Labute approximate surface area is 185 Å². The van der Waals surface area contributed by atoms with Gasteiger partial charge in [0, 0.05) is 44.8 Å². The molecule has 30 heavy (non-hydrogen) atoms. The van der Waals surface area contributed by atoms with Crippen molar-refractivity contribution in [3.63, 3.8) is 0 Å². The highest BCUT2D eigenvalue weighted by Crippen LogP contribution is 2.32. The zero-order valence-corrected chi connectivity index (χ0v) is 18.9. The van der Waals surface area contributed by atoms with E-state index in [4.69, 9.17) is 16.3 Å². The molecule has 0 N–H and O–H groups in total. The van der Waals surface area contributed by atoms with E-state index in [0.717, 1.165) is 38.9 Å². The molecule has 1 aromatic carbocycles. The maximum Gasteiger partial charge on any atom is 0.260 e. The first kappa shape index (κ1) is 22.9. The minimum absolute atomic E-state index is 0.0172. The molecule has 1 aliphatic heterocycles. The molecule has 7 heteroatoms. The Kier molecular flexibility index (Phi) is 8.40. The Hall–Kier alpha value is -1.79. The molecule has 1 saturated carbocycles. The van der Waals surface area contributed by atoms with E-state index in [1.165, 1.54) is 12.8 Å². The van der Waals surface area contributed by atoms with Crippen LogP contribution in [0.25, 0.3) is 0 Å². The Morgan fingerprint density at radius 2 is 1.77 bits per heavy atom. The molecule has 2 fully saturated rings. The quantitative estimate of drug-likeness (QED) is 0.628. The van der Waals surface area contributed by atoms with Crippen LogP contribution in [-0.4, -0.2) is 78.9 Å². The van der Waals surface area contributed by atoms with Gasteiger partial charge in [-0.2, -0.15) is 0 Å². The summed E-state index contributed by atoms with van der Waals surface area (Å²) in [5, 5.41) is 0.640. The molecule has 1 aromatic rings. The van der Waals surface area contributed by atoms with E-state index in [0.29, 0.717) is 29.8 Å². The zero-order chi connectivity index (χ0) is 21.5. The molecule has 0 aromatic heterocycles. The molecule has 0 radical (unpaired) electrons. The lowest BCUT2D eigenvalue weighted by atomic mass is 9.94. The molecule has 3 rings (SSSR count). The van der Waals surface area contributed by atoms with Gasteiger partial charge in [0.2, 0.25) is 5.91 Å². The normalized spacial score (nSPS) is 19.0. The van der Waals surface area contributed by atoms with E-state index >= 15 is 0 Å². The van der Waals surface area contributed by atoms with Crippen LogP contribution in [-0.2, 0) is 9.59 Å². The second-order valence-electron chi connectivity index (χ2n) is 8.41. The predicted molar refractivity (Wildman–Crippen MR) is 119 cm³/mol. The third-order valence-corrected chi connectivity index (χ3v) is 6.52. The molecule has 166 valence electrons. The summed E-state index contributed by atoms with van der Waals surface area (Å²) in [6.45, 7) is 5.66. The molecule has 1 aliphatic carbocycles. The van der Waals surface area contributed by atoms with Gasteiger partial charge < -0.3 is 14.5 Å². The van der Waals surface area contributed by atoms with Crippen LogP contribution in [0.3, 0.4) is 0 Å². The first-order valence-electron chi connectivity index (χ1n) is 11.1. The minimum Gasteiger partial charge on any atom is -0.484 e. The van der Waals surface area contributed by atoms with E-state index < -0.39 is 0 Å². The number of amides is 2. The zero-order valence-electron chi connectivity index (χ0n) is 18.2. The maximum absolute atomic E-state index is 13.2. The van der Waals surface area contributed by atoms with Crippen molar-refractivity contribution in [1.29, 1.82) is 0 Å². The third kappa shape index (κ3) is 5.88. The van der Waals surface area contributed by atoms with Crippen molar-refractivity contribution in [1.82, 2.24) is 14.7 Å². The fourth-order valence-corrected chi connectivity index (χ4v) is 4.74. The standard InChI is InChI=1S/C23H34ClN3O3/c1-3-12-25(2)23(29)22(18-6-4-5-7-18)27-15-13-26(14-16-27)21(28)17-30-20-10-8-19(24)9-11-20/h8-11,18,22H,3-7,12-17H2,1-2H3. The second-order valence-corrected chi connectivity index (χ2v) is 8.84. The Balaban J connectivity index is 1.54. The van der Waals surface area contributed by atoms with E-state index in [1.54, 1.807) is 24.3 Å². The van der Waals surface area contributed by atoms with Crippen LogP contribution in [0, 0.1) is 5.92 Å². The number of rotatable bonds is 8. The minimum atomic E-state index is -0.0494. The van der Waals surface area contributed by atoms with Gasteiger partial charge >= 0.3 is 0 Å². The fraction of sp³-hybridized carbons (Fsp3) is 0.652. The summed E-state index contributed by atoms with van der Waals surface area (Å²) in [4.78, 5) is 31.8. The molecular formula is C23H34ClN3O3. The first-order valence-corrected chi connectivity index (χ1v) is 11.5. The van der Waals surface area contributed by atoms with Gasteiger partial charge in [-0.3, -0.25) is 14.5 Å². The highest BCUT2D eigenvalue weighted by Gasteiger charge is 2.38. The van der Waals surface area contributed by atoms with Crippen molar-refractivity contribution < 1.29 is 14.3 Å². The highest BCUT2D eigenvalue weighted by molar-refractivity contribution is 6.30. The average Bonchev–Trinajstić information content (AvgIpc) is 3.28. The van der Waals surface area contributed by atoms with Crippen LogP contribution in [0.5, 0.6) is 5.75 Å². The van der Waals surface area contributed by atoms with Crippen molar-refractivity contribution in [2.24, 2.45) is 5.92 Å². The number of carbonyl (C=O) groups is 2. The SMILES string of the molecule is CCCN(C)C(=O)C(C1CCCC1)N1CCN(C(=O)COc2ccc(Cl)cc2)CC1. The summed E-state index contributed by atoms with van der Waals surface area (Å²) < 4.78 is 5.60. The van der Waals surface area contributed by atoms with Gasteiger partial charge in [0.15, 0.2) is 6.61 Å². The number of carbonyl (C=O) groups excluding carboxylic acids is 2. The summed E-state index contributed by atoms with van der Waals surface area (Å²) >= 11 is 5.88. The van der Waals surface area contributed by atoms with Crippen molar-refractivity contribution >= 4 is 23.4 Å². The molecular weight excluding hydrogens is 402 g/mol. The van der Waals surface area contributed by atoms with Crippen LogP contribution in [0.2, 0.25) is 5.02 Å². The van der Waals surface area contributed by atoms with Crippen molar-refractivity contribution in [3.05, 3.63) is 29.3 Å². The van der Waals surface area contributed by atoms with E-state index in [9.17, 15) is 9.59 Å². The predicted octanol–water partition coefficient (Wildman–Crippen LogP) is 3.29. The second kappa shape index (κ2) is 11.0. The van der Waals surface area contributed by atoms with Crippen LogP contribution < -0.4 is 4.74 Å². The largest absolute Gasteiger partial charge is 0.484 e. The summed E-state index contributed by atoms with van der Waals surface area (Å²) in [6.07, 6.45) is 5.66. The van der Waals surface area contributed by atoms with Crippen LogP contribution in [0.15, 0.2) is 24.3 Å². The summed E-state index contributed by atoms with van der Waals surface area (Å²) in [6, 6.07) is 6.97. The average molecular weight is 436 g/mol. The molecule has 2 aliphatic rings. The first-order chi connectivity index (χ1) is 14.5. The van der Waals surface area contributed by atoms with E-state index in [2.05, 4.69) is 11.8 Å². The summed E-state index contributed by atoms with van der Waals surface area (Å²) in [5.74, 6) is 1.30. The van der Waals surface area contributed by atoms with Gasteiger partial charge in [-0.1, -0.05) is 31.4 Å². The fourth-order valence-electron chi connectivity index (χ4n) is 4.62. The number of likely N-dealkylation sites (N-methyl/N-ethyl adjacent to an activating group) is 1. The maximum atomic E-state index is 13.2. The topological polar surface area (TPSA) is 53.1 Å². The lowest BCUT2D eigenvalue weighted by molar-refractivity contribution is -0.141. The van der Waals surface area contributed by atoms with Gasteiger partial charge in [0.1, 0.15) is 5.75 Å². The number of halogens is 1. The number of piperazine rings is 1. The molecule has 6 nitrogen and oxygen atoms in total. The van der Waals surface area contributed by atoms with Crippen LogP contribution in [0.4, 0.5) is 0 Å². The van der Waals surface area contributed by atoms with E-state index in [1.807, 2.05) is 16.8 Å². The molecule has 0 spiro atoms. The lowest BCUT2D eigenvalue weighted by Crippen LogP contribution is -2.58. The highest BCUT2D eigenvalue weighted by atomic mass is 35.5. The molecule has 2 amide bonds. The monoisotopic (exact) mass is 435 g/mol. The Bertz CT molecular complexity index is 698. The Morgan fingerprint density at radius 1 is 1.13 bits per heavy atom. The third-order valence-electron chi connectivity index (χ3n) is 6.27. The number of benzene rings is 1. The van der Waals surface area contributed by atoms with Gasteiger partial charge in [0.25, 0.3) is 5.91 Å². The molecule has 0 bridgehead atoms. The van der Waals surface area contributed by atoms with Crippen molar-refractivity contribution in [2.75, 3.05) is 46.4 Å². The van der Waals surface area contributed by atoms with Crippen LogP contribution in [0.1, 0.15) is 39.0 Å². The van der Waals surface area contributed by atoms with Crippen molar-refractivity contribution in [2.45, 2.75) is 45.1 Å². The van der Waals surface area contributed by atoms with Gasteiger partial charge in [-0.15, -0.1) is 0 Å². The molecule has 1 unspecified atom stereocenters. The lowest BCUT2D eigenvalue weighted by Gasteiger charge is -2.42. The molecule has 1 saturated heterocycles. The number of hydrogen-bond donors (Lipinski definition) is 0. The Morgan fingerprint density at radius 3 is 2.37 bits per heavy atom. The van der Waals surface area contributed by atoms with Crippen LogP contribution >= 0.6 is 11.6 Å². The smallest absolute Gasteiger partial charge is 0.260 e. The summed E-state index contributed by atoms with van der Waals surface area (Å²) in [7, 11) is 1.92. The number of hydrogen-bond acceptors (Lipinski definition) is 4. The van der Waals surface area contributed by atoms with E-state index in [-0.39, 0.29) is 24.5 Å². The number of ether oxygens (including phenoxy) is 1. The van der Waals surface area contributed by atoms with Gasteiger partial charge in [-0.05, 0) is 49.4 Å². The molecule has 1 heterocycles. The molecule has 1 atom stereocenters. The number of nitrogens with zero attached hydrogens (tertiary/aromatic N) is 3. The van der Waals surface area contributed by atoms with Gasteiger partial charge in [-0.25, -0.2) is 0 Å². The van der Waals surface area contributed by atoms with Crippen molar-refractivity contribution in [3.8, 4) is 5.75 Å². The van der Waals surface area contributed by atoms with Gasteiger partial charge in [0.05, 0.1) is 6.04 Å².